The maximum absolute atomic E-state index is 13.1. The van der Waals surface area contributed by atoms with Crippen molar-refractivity contribution < 1.29 is 22.6 Å². The van der Waals surface area contributed by atoms with Crippen molar-refractivity contribution >= 4 is 23.5 Å². The summed E-state index contributed by atoms with van der Waals surface area (Å²) in [4.78, 5) is 23.1. The van der Waals surface area contributed by atoms with Crippen LogP contribution in [0, 0.1) is 5.41 Å². The van der Waals surface area contributed by atoms with Crippen molar-refractivity contribution in [3.63, 3.8) is 0 Å². The van der Waals surface area contributed by atoms with Crippen molar-refractivity contribution in [3.05, 3.63) is 28.7 Å². The first-order chi connectivity index (χ1) is 15.5. The minimum absolute atomic E-state index is 0.00238. The van der Waals surface area contributed by atoms with Crippen LogP contribution < -0.4 is 26.7 Å². The summed E-state index contributed by atoms with van der Waals surface area (Å²) in [6.07, 6.45) is -2.17. The Morgan fingerprint density at radius 3 is 2.64 bits per heavy atom. The van der Waals surface area contributed by atoms with Crippen LogP contribution in [-0.4, -0.2) is 52.7 Å². The first-order valence-corrected chi connectivity index (χ1v) is 11.2. The Morgan fingerprint density at radius 1 is 1.33 bits per heavy atom. The van der Waals surface area contributed by atoms with E-state index in [1.165, 1.54) is 22.9 Å². The van der Waals surface area contributed by atoms with Gasteiger partial charge in [0.1, 0.15) is 10.7 Å². The number of piperidine rings is 1. The number of halogens is 3. The molecule has 2 fully saturated rings. The van der Waals surface area contributed by atoms with Gasteiger partial charge in [-0.15, -0.1) is 13.2 Å². The molecule has 2 aliphatic heterocycles. The fourth-order valence-corrected chi connectivity index (χ4v) is 5.26. The van der Waals surface area contributed by atoms with Crippen molar-refractivity contribution in [2.75, 3.05) is 30.3 Å². The van der Waals surface area contributed by atoms with Gasteiger partial charge in [-0.05, 0) is 31.9 Å². The zero-order valence-corrected chi connectivity index (χ0v) is 18.9. The van der Waals surface area contributed by atoms with Crippen LogP contribution in [-0.2, 0) is 11.8 Å². The number of rotatable bonds is 4. The fraction of sp³-hybridized carbons (Fsp3) is 0.550. The summed E-state index contributed by atoms with van der Waals surface area (Å²) in [6.45, 7) is 3.84. The van der Waals surface area contributed by atoms with E-state index >= 15 is 0 Å². The zero-order chi connectivity index (χ0) is 24.0. The molecule has 180 valence electrons. The van der Waals surface area contributed by atoms with Crippen molar-refractivity contribution in [2.24, 2.45) is 18.2 Å². The van der Waals surface area contributed by atoms with Gasteiger partial charge in [0, 0.05) is 37.8 Å². The van der Waals surface area contributed by atoms with E-state index in [9.17, 15) is 18.0 Å². The maximum atomic E-state index is 13.1. The van der Waals surface area contributed by atoms with Gasteiger partial charge in [-0.1, -0.05) is 11.8 Å². The SMILES string of the molecule is C[C@@H]1OCC2(CCN(c3nc(N)c(Sc4cccnc4OC(F)(F)F)c(=O)n3C)CC2)[C@@H]1N. The molecule has 2 atom stereocenters. The monoisotopic (exact) mass is 486 g/mol. The summed E-state index contributed by atoms with van der Waals surface area (Å²) in [5.41, 5.74) is 11.9. The smallest absolute Gasteiger partial charge is 0.387 e. The van der Waals surface area contributed by atoms with Gasteiger partial charge < -0.3 is 25.8 Å². The van der Waals surface area contributed by atoms with Crippen LogP contribution in [0.4, 0.5) is 24.9 Å². The second-order valence-corrected chi connectivity index (χ2v) is 9.39. The molecular formula is C20H25F3N6O3S. The summed E-state index contributed by atoms with van der Waals surface area (Å²) in [5, 5.41) is 0. The molecule has 2 aliphatic rings. The van der Waals surface area contributed by atoms with Gasteiger partial charge in [0.2, 0.25) is 11.8 Å². The number of aromatic nitrogens is 3. The highest BCUT2D eigenvalue weighted by Crippen LogP contribution is 2.42. The molecule has 0 aromatic carbocycles. The van der Waals surface area contributed by atoms with E-state index in [1.54, 1.807) is 7.05 Å². The Hall–Kier alpha value is -2.51. The lowest BCUT2D eigenvalue weighted by molar-refractivity contribution is -0.277. The van der Waals surface area contributed by atoms with Crippen LogP contribution >= 0.6 is 11.8 Å². The number of nitrogen functional groups attached to an aromatic ring is 1. The number of hydrogen-bond donors (Lipinski definition) is 2. The number of pyridine rings is 1. The van der Waals surface area contributed by atoms with E-state index in [1.807, 2.05) is 11.8 Å². The minimum atomic E-state index is -4.92. The molecule has 0 aliphatic carbocycles. The lowest BCUT2D eigenvalue weighted by Crippen LogP contribution is -2.51. The standard InChI is InChI=1S/C20H25F3N6O3S/c1-11-14(24)19(10-31-11)5-8-29(9-6-19)18-27-15(25)13(17(30)28(18)2)33-12-4-3-7-26-16(12)32-20(21,22)23/h3-4,7,11,14H,5-6,8-10,24-25H2,1-2H3/t11-,14+/m0/s1. The molecule has 33 heavy (non-hydrogen) atoms. The molecule has 0 bridgehead atoms. The Morgan fingerprint density at radius 2 is 2.03 bits per heavy atom. The molecule has 0 amide bonds. The third-order valence-electron chi connectivity index (χ3n) is 6.30. The normalized spacial score (nSPS) is 22.7. The van der Waals surface area contributed by atoms with Crippen LogP contribution in [0.1, 0.15) is 19.8 Å². The average molecular weight is 487 g/mol. The quantitative estimate of drug-likeness (QED) is 0.669. The van der Waals surface area contributed by atoms with E-state index in [4.69, 9.17) is 16.2 Å². The summed E-state index contributed by atoms with van der Waals surface area (Å²) in [6, 6.07) is 2.76. The second-order valence-electron chi connectivity index (χ2n) is 8.34. The average Bonchev–Trinajstić information content (AvgIpc) is 3.03. The van der Waals surface area contributed by atoms with Crippen LogP contribution in [0.25, 0.3) is 0 Å². The first-order valence-electron chi connectivity index (χ1n) is 10.4. The van der Waals surface area contributed by atoms with Gasteiger partial charge in [-0.2, -0.15) is 4.98 Å². The predicted octanol–water partition coefficient (Wildman–Crippen LogP) is 2.14. The van der Waals surface area contributed by atoms with Crippen molar-refractivity contribution in [1.29, 1.82) is 0 Å². The van der Waals surface area contributed by atoms with Crippen LogP contribution in [0.15, 0.2) is 32.9 Å². The van der Waals surface area contributed by atoms with Crippen LogP contribution in [0.3, 0.4) is 0 Å². The number of nitrogens with zero attached hydrogens (tertiary/aromatic N) is 4. The van der Waals surface area contributed by atoms with Gasteiger partial charge in [0.25, 0.3) is 5.56 Å². The third-order valence-corrected chi connectivity index (χ3v) is 7.42. The fourth-order valence-electron chi connectivity index (χ4n) is 4.34. The van der Waals surface area contributed by atoms with Gasteiger partial charge in [0.15, 0.2) is 0 Å². The molecule has 2 aromatic heterocycles. The predicted molar refractivity (Wildman–Crippen MR) is 116 cm³/mol. The number of ether oxygens (including phenoxy) is 2. The lowest BCUT2D eigenvalue weighted by atomic mass is 9.73. The number of hydrogen-bond acceptors (Lipinski definition) is 9. The molecule has 0 saturated carbocycles. The molecular weight excluding hydrogens is 461 g/mol. The molecule has 2 aromatic rings. The van der Waals surface area contributed by atoms with Gasteiger partial charge in [-0.25, -0.2) is 4.98 Å². The molecule has 4 heterocycles. The Balaban J connectivity index is 1.57. The summed E-state index contributed by atoms with van der Waals surface area (Å²) in [5.74, 6) is -0.337. The van der Waals surface area contributed by atoms with Crippen molar-refractivity contribution in [2.45, 2.75) is 48.1 Å². The number of alkyl halides is 3. The summed E-state index contributed by atoms with van der Waals surface area (Å²) in [7, 11) is 1.56. The number of nitrogens with two attached hydrogens (primary N) is 2. The van der Waals surface area contributed by atoms with Crippen LogP contribution in [0.2, 0.25) is 0 Å². The number of anilines is 2. The third kappa shape index (κ3) is 4.62. The minimum Gasteiger partial charge on any atom is -0.387 e. The van der Waals surface area contributed by atoms with E-state index in [-0.39, 0.29) is 33.2 Å². The highest BCUT2D eigenvalue weighted by molar-refractivity contribution is 7.99. The Bertz CT molecular complexity index is 1090. The highest BCUT2D eigenvalue weighted by atomic mass is 32.2. The van der Waals surface area contributed by atoms with E-state index in [0.717, 1.165) is 24.6 Å². The summed E-state index contributed by atoms with van der Waals surface area (Å²) < 4.78 is 49.2. The highest BCUT2D eigenvalue weighted by Gasteiger charge is 2.47. The molecule has 4 N–H and O–H groups in total. The summed E-state index contributed by atoms with van der Waals surface area (Å²) >= 11 is 0.734. The van der Waals surface area contributed by atoms with Crippen LogP contribution in [0.5, 0.6) is 5.88 Å². The topological polar surface area (TPSA) is 122 Å². The van der Waals surface area contributed by atoms with Gasteiger partial charge in [0.05, 0.1) is 17.6 Å². The largest absolute Gasteiger partial charge is 0.574 e. The Kier molecular flexibility index (Phi) is 6.22. The molecule has 4 rings (SSSR count). The van der Waals surface area contributed by atoms with Crippen molar-refractivity contribution in [1.82, 2.24) is 14.5 Å². The maximum Gasteiger partial charge on any atom is 0.574 e. The Labute approximate surface area is 192 Å². The van der Waals surface area contributed by atoms with Gasteiger partial charge in [-0.3, -0.25) is 9.36 Å². The molecule has 0 unspecified atom stereocenters. The van der Waals surface area contributed by atoms with Gasteiger partial charge >= 0.3 is 6.36 Å². The van der Waals surface area contributed by atoms with E-state index < -0.39 is 17.8 Å². The molecule has 9 nitrogen and oxygen atoms in total. The molecule has 13 heteroatoms. The van der Waals surface area contributed by atoms with Crippen molar-refractivity contribution in [3.8, 4) is 5.88 Å². The second kappa shape index (κ2) is 8.69. The molecule has 0 radical (unpaired) electrons. The zero-order valence-electron chi connectivity index (χ0n) is 18.1. The van der Waals surface area contributed by atoms with E-state index in [2.05, 4.69) is 14.7 Å². The molecule has 2 saturated heterocycles. The molecule has 1 spiro atoms. The lowest BCUT2D eigenvalue weighted by Gasteiger charge is -2.41. The van der Waals surface area contributed by atoms with E-state index in [0.29, 0.717) is 25.6 Å². The first kappa shape index (κ1) is 23.6.